The lowest BCUT2D eigenvalue weighted by Crippen LogP contribution is -2.15. The summed E-state index contributed by atoms with van der Waals surface area (Å²) in [5, 5.41) is 16.0. The Kier molecular flexibility index (Phi) is 10.0. The lowest BCUT2D eigenvalue weighted by molar-refractivity contribution is 0.0600. The Morgan fingerprint density at radius 1 is 0.973 bits per heavy atom. The van der Waals surface area contributed by atoms with Crippen molar-refractivity contribution in [2.45, 2.75) is 19.4 Å². The van der Waals surface area contributed by atoms with Crippen molar-refractivity contribution in [1.29, 1.82) is 0 Å². The fourth-order valence-corrected chi connectivity index (χ4v) is 3.16. The molecular formula is C26H33N5O6. The van der Waals surface area contributed by atoms with E-state index >= 15 is 0 Å². The average molecular weight is 512 g/mol. The van der Waals surface area contributed by atoms with Crippen molar-refractivity contribution in [3.05, 3.63) is 47.5 Å². The SMILES string of the molecule is COC(=O)c1cc(N)c(NC/C=C/CNc2c(N)cc(C(N)=O)cc2OCC#CC(C)(C)O)c(OC)c1. The highest BCUT2D eigenvalue weighted by molar-refractivity contribution is 5.96. The quantitative estimate of drug-likeness (QED) is 0.113. The van der Waals surface area contributed by atoms with Crippen LogP contribution in [0.3, 0.4) is 0 Å². The van der Waals surface area contributed by atoms with E-state index in [1.807, 2.05) is 12.2 Å². The van der Waals surface area contributed by atoms with Gasteiger partial charge in [0.05, 0.1) is 31.2 Å². The fraction of sp³-hybridized carbons (Fsp3) is 0.308. The zero-order valence-corrected chi connectivity index (χ0v) is 21.3. The summed E-state index contributed by atoms with van der Waals surface area (Å²) in [5.74, 6) is 4.91. The average Bonchev–Trinajstić information content (AvgIpc) is 2.83. The van der Waals surface area contributed by atoms with Gasteiger partial charge in [-0.05, 0) is 38.1 Å². The molecule has 198 valence electrons. The monoisotopic (exact) mass is 511 g/mol. The van der Waals surface area contributed by atoms with E-state index in [-0.39, 0.29) is 23.4 Å². The zero-order chi connectivity index (χ0) is 27.6. The van der Waals surface area contributed by atoms with Crippen molar-refractivity contribution in [3.8, 4) is 23.3 Å². The molecule has 9 N–H and O–H groups in total. The molecule has 0 atom stereocenters. The first-order chi connectivity index (χ1) is 17.5. The summed E-state index contributed by atoms with van der Waals surface area (Å²) < 4.78 is 15.7. The van der Waals surface area contributed by atoms with Crippen molar-refractivity contribution in [2.24, 2.45) is 5.73 Å². The molecule has 0 heterocycles. The summed E-state index contributed by atoms with van der Waals surface area (Å²) in [4.78, 5) is 23.4. The second-order valence-electron chi connectivity index (χ2n) is 8.32. The third-order valence-electron chi connectivity index (χ3n) is 4.85. The summed E-state index contributed by atoms with van der Waals surface area (Å²) in [6, 6.07) is 5.99. The molecule has 1 amide bonds. The number of benzene rings is 2. The van der Waals surface area contributed by atoms with Gasteiger partial charge in [0, 0.05) is 18.7 Å². The molecule has 0 fully saturated rings. The first-order valence-corrected chi connectivity index (χ1v) is 11.2. The van der Waals surface area contributed by atoms with Gasteiger partial charge < -0.3 is 47.2 Å². The molecule has 0 spiro atoms. The van der Waals surface area contributed by atoms with Gasteiger partial charge in [0.25, 0.3) is 0 Å². The maximum absolute atomic E-state index is 11.8. The van der Waals surface area contributed by atoms with E-state index in [4.69, 9.17) is 31.4 Å². The Morgan fingerprint density at radius 3 is 2.03 bits per heavy atom. The number of hydrogen-bond acceptors (Lipinski definition) is 10. The van der Waals surface area contributed by atoms with Crippen LogP contribution in [-0.2, 0) is 4.74 Å². The number of esters is 1. The Labute approximate surface area is 215 Å². The van der Waals surface area contributed by atoms with E-state index in [1.165, 1.54) is 32.4 Å². The maximum atomic E-state index is 11.8. The van der Waals surface area contributed by atoms with E-state index in [0.717, 1.165) is 0 Å². The number of carbonyl (C=O) groups is 2. The van der Waals surface area contributed by atoms with Gasteiger partial charge in [-0.25, -0.2) is 4.79 Å². The number of amides is 1. The summed E-state index contributed by atoms with van der Waals surface area (Å²) in [6.07, 6.45) is 3.70. The highest BCUT2D eigenvalue weighted by atomic mass is 16.5. The molecule has 2 rings (SSSR count). The molecule has 11 nitrogen and oxygen atoms in total. The molecule has 2 aromatic rings. The number of nitrogens with one attached hydrogen (secondary N) is 2. The van der Waals surface area contributed by atoms with Gasteiger partial charge in [-0.3, -0.25) is 4.79 Å². The minimum atomic E-state index is -1.16. The van der Waals surface area contributed by atoms with Crippen molar-refractivity contribution in [1.82, 2.24) is 0 Å². The first kappa shape index (κ1) is 28.7. The molecule has 0 aliphatic rings. The van der Waals surface area contributed by atoms with Crippen molar-refractivity contribution in [2.75, 3.05) is 56.0 Å². The zero-order valence-electron chi connectivity index (χ0n) is 21.3. The molecule has 0 saturated carbocycles. The number of ether oxygens (including phenoxy) is 3. The maximum Gasteiger partial charge on any atom is 0.338 e. The Hall–Kier alpha value is -4.56. The number of anilines is 4. The number of nitrogen functional groups attached to an aromatic ring is 2. The number of aliphatic hydroxyl groups is 1. The van der Waals surface area contributed by atoms with Crippen LogP contribution in [-0.4, -0.2) is 56.5 Å². The van der Waals surface area contributed by atoms with Crippen LogP contribution in [0.4, 0.5) is 22.7 Å². The van der Waals surface area contributed by atoms with Crippen LogP contribution in [0.25, 0.3) is 0 Å². The standard InChI is InChI=1S/C26H33N5O6/c1-26(2,34)8-7-11-37-21-14-16(24(29)32)12-18(27)23(21)31-10-6-5-9-30-22-19(28)13-17(25(33)36-4)15-20(22)35-3/h5-6,12-15,30-31,34H,9-11,27-28H2,1-4H3,(H2,29,32)/b6-5+. The molecule has 0 radical (unpaired) electrons. The second kappa shape index (κ2) is 12.9. The molecule has 11 heteroatoms. The van der Waals surface area contributed by atoms with Crippen molar-refractivity contribution >= 4 is 34.6 Å². The summed E-state index contributed by atoms with van der Waals surface area (Å²) in [7, 11) is 2.77. The van der Waals surface area contributed by atoms with Crippen LogP contribution in [0, 0.1) is 11.8 Å². The van der Waals surface area contributed by atoms with Gasteiger partial charge in [-0.2, -0.15) is 0 Å². The first-order valence-electron chi connectivity index (χ1n) is 11.2. The number of methoxy groups -OCH3 is 2. The van der Waals surface area contributed by atoms with Crippen LogP contribution in [0.1, 0.15) is 34.6 Å². The minimum absolute atomic E-state index is 0.0297. The van der Waals surface area contributed by atoms with Crippen LogP contribution < -0.4 is 37.3 Å². The van der Waals surface area contributed by atoms with Crippen LogP contribution in [0.5, 0.6) is 11.5 Å². The fourth-order valence-electron chi connectivity index (χ4n) is 3.16. The van der Waals surface area contributed by atoms with E-state index in [1.54, 1.807) is 19.9 Å². The van der Waals surface area contributed by atoms with Crippen LogP contribution >= 0.6 is 0 Å². The van der Waals surface area contributed by atoms with Gasteiger partial charge in [0.2, 0.25) is 5.91 Å². The smallest absolute Gasteiger partial charge is 0.338 e. The third kappa shape index (κ3) is 8.55. The number of primary amides is 1. The predicted octanol–water partition coefficient (Wildman–Crippen LogP) is 1.98. The summed E-state index contributed by atoms with van der Waals surface area (Å²) >= 11 is 0. The van der Waals surface area contributed by atoms with Gasteiger partial charge in [-0.1, -0.05) is 24.0 Å². The molecule has 0 saturated heterocycles. The summed E-state index contributed by atoms with van der Waals surface area (Å²) in [5.41, 5.74) is 18.5. The van der Waals surface area contributed by atoms with Gasteiger partial charge >= 0.3 is 5.97 Å². The predicted molar refractivity (Wildman–Crippen MR) is 144 cm³/mol. The van der Waals surface area contributed by atoms with E-state index in [9.17, 15) is 14.7 Å². The Morgan fingerprint density at radius 2 is 1.51 bits per heavy atom. The minimum Gasteiger partial charge on any atom is -0.494 e. The molecule has 0 bridgehead atoms. The van der Waals surface area contributed by atoms with Crippen molar-refractivity contribution in [3.63, 3.8) is 0 Å². The van der Waals surface area contributed by atoms with E-state index in [0.29, 0.717) is 41.7 Å². The van der Waals surface area contributed by atoms with Crippen LogP contribution in [0.15, 0.2) is 36.4 Å². The normalized spacial score (nSPS) is 10.8. The highest BCUT2D eigenvalue weighted by Crippen LogP contribution is 2.33. The summed E-state index contributed by atoms with van der Waals surface area (Å²) in [6.45, 7) is 3.87. The van der Waals surface area contributed by atoms with Gasteiger partial charge in [0.1, 0.15) is 35.1 Å². The molecule has 0 unspecified atom stereocenters. The molecule has 0 aliphatic carbocycles. The molecule has 0 aliphatic heterocycles. The number of nitrogens with two attached hydrogens (primary N) is 3. The van der Waals surface area contributed by atoms with E-state index < -0.39 is 17.5 Å². The Bertz CT molecular complexity index is 1220. The molecule has 0 aromatic heterocycles. The lowest BCUT2D eigenvalue weighted by atomic mass is 10.1. The number of carbonyl (C=O) groups excluding carboxylic acids is 2. The van der Waals surface area contributed by atoms with Crippen LogP contribution in [0.2, 0.25) is 0 Å². The number of rotatable bonds is 11. The molecular weight excluding hydrogens is 478 g/mol. The number of hydrogen-bond donors (Lipinski definition) is 6. The lowest BCUT2D eigenvalue weighted by Gasteiger charge is -2.15. The van der Waals surface area contributed by atoms with Crippen molar-refractivity contribution < 1.29 is 28.9 Å². The van der Waals surface area contributed by atoms with E-state index in [2.05, 4.69) is 22.5 Å². The Balaban J connectivity index is 2.06. The van der Waals surface area contributed by atoms with Gasteiger partial charge in [0.15, 0.2) is 0 Å². The third-order valence-corrected chi connectivity index (χ3v) is 4.85. The highest BCUT2D eigenvalue weighted by Gasteiger charge is 2.15. The second-order valence-corrected chi connectivity index (χ2v) is 8.32. The molecule has 2 aromatic carbocycles. The largest absolute Gasteiger partial charge is 0.494 e. The topological polar surface area (TPSA) is 184 Å². The van der Waals surface area contributed by atoms with Gasteiger partial charge in [-0.15, -0.1) is 0 Å². The molecule has 37 heavy (non-hydrogen) atoms.